The molecule has 0 radical (unpaired) electrons. The third-order valence-electron chi connectivity index (χ3n) is 5.26. The molecule has 3 rings (SSSR count). The third-order valence-corrected chi connectivity index (χ3v) is 5.82. The fourth-order valence-electron chi connectivity index (χ4n) is 3.73. The van der Waals surface area contributed by atoms with E-state index >= 15 is 0 Å². The van der Waals surface area contributed by atoms with Gasteiger partial charge in [0.05, 0.1) is 10.7 Å². The van der Waals surface area contributed by atoms with Crippen LogP contribution in [0.3, 0.4) is 0 Å². The number of halogens is 2. The van der Waals surface area contributed by atoms with Gasteiger partial charge < -0.3 is 9.88 Å². The molecule has 1 N–H and O–H groups in total. The highest BCUT2D eigenvalue weighted by molar-refractivity contribution is 6.35. The van der Waals surface area contributed by atoms with Crippen LogP contribution in [0.15, 0.2) is 29.1 Å². The first-order valence-electron chi connectivity index (χ1n) is 10.0. The quantitative estimate of drug-likeness (QED) is 0.657. The van der Waals surface area contributed by atoms with Crippen molar-refractivity contribution < 1.29 is 4.79 Å². The van der Waals surface area contributed by atoms with Gasteiger partial charge in [0.1, 0.15) is 5.56 Å². The van der Waals surface area contributed by atoms with E-state index in [0.717, 1.165) is 49.8 Å². The molecule has 1 amide bonds. The summed E-state index contributed by atoms with van der Waals surface area (Å²) in [6.07, 6.45) is 8.26. The number of rotatable bonds is 5. The molecule has 6 heteroatoms. The molecule has 0 fully saturated rings. The van der Waals surface area contributed by atoms with Gasteiger partial charge in [-0.25, -0.2) is 0 Å². The number of aromatic nitrogens is 1. The van der Waals surface area contributed by atoms with E-state index in [4.69, 9.17) is 23.2 Å². The molecule has 0 spiro atoms. The molecule has 1 aromatic carbocycles. The summed E-state index contributed by atoms with van der Waals surface area (Å²) in [6, 6.07) is 6.66. The minimum Gasteiger partial charge on any atom is -0.320 e. The summed E-state index contributed by atoms with van der Waals surface area (Å²) in [5.74, 6) is -0.440. The van der Waals surface area contributed by atoms with E-state index in [9.17, 15) is 9.59 Å². The van der Waals surface area contributed by atoms with E-state index in [1.165, 1.54) is 12.8 Å². The maximum Gasteiger partial charge on any atom is 0.263 e. The number of pyridine rings is 1. The maximum atomic E-state index is 13.2. The number of anilines is 1. The van der Waals surface area contributed by atoms with Crippen molar-refractivity contribution in [2.45, 2.75) is 64.8 Å². The zero-order chi connectivity index (χ0) is 20.1. The Labute approximate surface area is 175 Å². The highest BCUT2D eigenvalue weighted by atomic mass is 35.5. The number of hydrogen-bond donors (Lipinski definition) is 1. The van der Waals surface area contributed by atoms with Crippen molar-refractivity contribution in [3.8, 4) is 0 Å². The van der Waals surface area contributed by atoms with Crippen molar-refractivity contribution in [2.75, 3.05) is 5.32 Å². The second-order valence-electron chi connectivity index (χ2n) is 7.33. The van der Waals surface area contributed by atoms with Gasteiger partial charge in [-0.1, -0.05) is 49.4 Å². The minimum atomic E-state index is -0.440. The molecule has 4 nitrogen and oxygen atoms in total. The average molecular weight is 421 g/mol. The Morgan fingerprint density at radius 2 is 1.86 bits per heavy atom. The molecule has 0 unspecified atom stereocenters. The van der Waals surface area contributed by atoms with E-state index in [1.807, 2.05) is 4.57 Å². The normalized spacial score (nSPS) is 14.1. The number of benzene rings is 1. The molecule has 0 saturated heterocycles. The molecule has 2 aromatic rings. The topological polar surface area (TPSA) is 51.1 Å². The highest BCUT2D eigenvalue weighted by Crippen LogP contribution is 2.26. The summed E-state index contributed by atoms with van der Waals surface area (Å²) >= 11 is 12.2. The summed E-state index contributed by atoms with van der Waals surface area (Å²) in [5, 5.41) is 3.61. The first-order chi connectivity index (χ1) is 13.5. The number of amides is 1. The lowest BCUT2D eigenvalue weighted by Crippen LogP contribution is -2.33. The Kier molecular flexibility index (Phi) is 7.19. The molecule has 0 aliphatic heterocycles. The molecule has 1 heterocycles. The van der Waals surface area contributed by atoms with Crippen LogP contribution in [0, 0.1) is 0 Å². The van der Waals surface area contributed by atoms with Crippen LogP contribution in [-0.4, -0.2) is 10.5 Å². The van der Waals surface area contributed by atoms with Gasteiger partial charge in [0.2, 0.25) is 0 Å². The Hall–Kier alpha value is -1.78. The second kappa shape index (κ2) is 9.62. The van der Waals surface area contributed by atoms with Crippen LogP contribution in [0.5, 0.6) is 0 Å². The van der Waals surface area contributed by atoms with Gasteiger partial charge in [-0.15, -0.1) is 0 Å². The van der Waals surface area contributed by atoms with Crippen molar-refractivity contribution in [3.63, 3.8) is 0 Å². The van der Waals surface area contributed by atoms with Gasteiger partial charge in [-0.05, 0) is 61.9 Å². The number of aryl methyl sites for hydroxylation is 1. The number of nitrogens with zero attached hydrogens (tertiary/aromatic N) is 1. The van der Waals surface area contributed by atoms with Crippen LogP contribution in [0.25, 0.3) is 0 Å². The van der Waals surface area contributed by atoms with E-state index in [-0.39, 0.29) is 11.1 Å². The molecule has 28 heavy (non-hydrogen) atoms. The van der Waals surface area contributed by atoms with Gasteiger partial charge in [0.15, 0.2) is 0 Å². The smallest absolute Gasteiger partial charge is 0.263 e. The zero-order valence-electron chi connectivity index (χ0n) is 16.2. The molecule has 1 aliphatic carbocycles. The number of unbranched alkanes of at least 4 members (excludes halogenated alkanes) is 1. The predicted molar refractivity (Wildman–Crippen MR) is 116 cm³/mol. The third kappa shape index (κ3) is 4.79. The predicted octanol–water partition coefficient (Wildman–Crippen LogP) is 5.87. The second-order valence-corrected chi connectivity index (χ2v) is 8.18. The molecule has 1 aliphatic rings. The summed E-state index contributed by atoms with van der Waals surface area (Å²) < 4.78 is 1.83. The Bertz CT molecular complexity index is 921. The van der Waals surface area contributed by atoms with Crippen molar-refractivity contribution >= 4 is 34.8 Å². The van der Waals surface area contributed by atoms with Gasteiger partial charge in [0, 0.05) is 17.3 Å². The first kappa shape index (κ1) is 20.9. The van der Waals surface area contributed by atoms with Crippen molar-refractivity contribution in [1.82, 2.24) is 4.57 Å². The molecule has 0 saturated carbocycles. The molecule has 0 atom stereocenters. The van der Waals surface area contributed by atoms with Crippen LogP contribution in [-0.2, 0) is 19.4 Å². The number of hydrogen-bond acceptors (Lipinski definition) is 2. The number of carbonyl (C=O) groups is 1. The lowest BCUT2D eigenvalue weighted by Gasteiger charge is -2.21. The van der Waals surface area contributed by atoms with Crippen LogP contribution in [0.4, 0.5) is 5.69 Å². The van der Waals surface area contributed by atoms with Gasteiger partial charge in [-0.3, -0.25) is 9.59 Å². The van der Waals surface area contributed by atoms with E-state index in [0.29, 0.717) is 22.3 Å². The van der Waals surface area contributed by atoms with Gasteiger partial charge in [-0.2, -0.15) is 0 Å². The monoisotopic (exact) mass is 420 g/mol. The van der Waals surface area contributed by atoms with Crippen molar-refractivity contribution in [1.29, 1.82) is 0 Å². The molecule has 0 bridgehead atoms. The van der Waals surface area contributed by atoms with E-state index in [2.05, 4.69) is 12.2 Å². The van der Waals surface area contributed by atoms with Gasteiger partial charge in [0.25, 0.3) is 11.5 Å². The molecular formula is C22H26Cl2N2O2. The Balaban J connectivity index is 2.01. The maximum absolute atomic E-state index is 13.2. The van der Waals surface area contributed by atoms with Crippen LogP contribution >= 0.6 is 23.2 Å². The molecular weight excluding hydrogens is 395 g/mol. The van der Waals surface area contributed by atoms with Gasteiger partial charge >= 0.3 is 0 Å². The van der Waals surface area contributed by atoms with Crippen LogP contribution in [0.2, 0.25) is 10.0 Å². The van der Waals surface area contributed by atoms with Crippen LogP contribution in [0.1, 0.15) is 67.1 Å². The highest BCUT2D eigenvalue weighted by Gasteiger charge is 2.20. The lowest BCUT2D eigenvalue weighted by atomic mass is 9.95. The van der Waals surface area contributed by atoms with Crippen molar-refractivity contribution in [3.05, 3.63) is 61.5 Å². The Morgan fingerprint density at radius 1 is 1.11 bits per heavy atom. The summed E-state index contributed by atoms with van der Waals surface area (Å²) in [4.78, 5) is 26.1. The van der Waals surface area contributed by atoms with E-state index in [1.54, 1.807) is 24.3 Å². The van der Waals surface area contributed by atoms with E-state index < -0.39 is 5.91 Å². The number of fused-ring (bicyclic) bond motifs is 1. The lowest BCUT2D eigenvalue weighted by molar-refractivity contribution is 0.102. The molecule has 150 valence electrons. The van der Waals surface area contributed by atoms with Crippen LogP contribution < -0.4 is 10.9 Å². The zero-order valence-corrected chi connectivity index (χ0v) is 17.7. The fraction of sp³-hybridized carbons (Fsp3) is 0.455. The Morgan fingerprint density at radius 3 is 2.61 bits per heavy atom. The standard InChI is InChI=1S/C22H26Cl2N2O2/c1-2-3-12-26-20-9-7-5-4-6-8-15(20)13-17(22(26)28)21(27)25-19-14-16(23)10-11-18(19)24/h10-11,13-14H,2-9,12H2,1H3,(H,25,27). The average Bonchev–Trinajstić information content (AvgIpc) is 2.65. The molecule has 1 aromatic heterocycles. The SMILES string of the molecule is CCCCn1c2c(cc(C(=O)Nc3cc(Cl)ccc3Cl)c1=O)CCCCCC2. The largest absolute Gasteiger partial charge is 0.320 e. The fourth-order valence-corrected chi connectivity index (χ4v) is 4.07. The summed E-state index contributed by atoms with van der Waals surface area (Å²) in [7, 11) is 0. The summed E-state index contributed by atoms with van der Waals surface area (Å²) in [5.41, 5.74) is 2.59. The minimum absolute atomic E-state index is 0.173. The first-order valence-corrected chi connectivity index (χ1v) is 10.8. The summed E-state index contributed by atoms with van der Waals surface area (Å²) in [6.45, 7) is 2.75. The van der Waals surface area contributed by atoms with Crippen molar-refractivity contribution in [2.24, 2.45) is 0 Å². The number of nitrogens with one attached hydrogen (secondary N) is 1. The number of carbonyl (C=O) groups excluding carboxylic acids is 1.